The number of thiazole rings is 1. The lowest BCUT2D eigenvalue weighted by Crippen LogP contribution is -2.50. The minimum Gasteiger partial charge on any atom is -0.455 e. The molecule has 0 saturated carbocycles. The molecule has 2 aliphatic rings. The smallest absolute Gasteiger partial charge is 0.303 e. The number of piperidine rings is 1. The lowest BCUT2D eigenvalue weighted by Gasteiger charge is -2.38. The summed E-state index contributed by atoms with van der Waals surface area (Å²) in [7, 11) is 1.72. The fraction of sp³-hybridized carbons (Fsp3) is 0.730. The van der Waals surface area contributed by atoms with Crippen molar-refractivity contribution in [1.29, 1.82) is 0 Å². The van der Waals surface area contributed by atoms with Gasteiger partial charge in [-0.3, -0.25) is 48.1 Å². The lowest BCUT2D eigenvalue weighted by molar-refractivity contribution is -0.150. The number of Topliss-reactive ketones (excluding diaryl/α,β-unsaturated/α-hetero) is 2. The van der Waals surface area contributed by atoms with E-state index in [1.54, 1.807) is 29.2 Å². The fourth-order valence-corrected chi connectivity index (χ4v) is 12.3. The quantitative estimate of drug-likeness (QED) is 0.0436. The second-order valence-corrected chi connectivity index (χ2v) is 26.6. The van der Waals surface area contributed by atoms with Crippen molar-refractivity contribution < 1.29 is 105 Å². The van der Waals surface area contributed by atoms with E-state index in [9.17, 15) is 43.2 Å². The summed E-state index contributed by atoms with van der Waals surface area (Å²) in [5.74, 6) is -3.64. The molecule has 2 aromatic rings. The molecule has 29 heteroatoms. The van der Waals surface area contributed by atoms with Crippen LogP contribution in [0, 0.1) is 23.7 Å². The minimum atomic E-state index is -0.895. The van der Waals surface area contributed by atoms with Crippen molar-refractivity contribution in [3.63, 3.8) is 0 Å². The molecule has 0 aliphatic carbocycles. The van der Waals surface area contributed by atoms with Gasteiger partial charge >= 0.3 is 5.97 Å². The second kappa shape index (κ2) is 54.5. The van der Waals surface area contributed by atoms with E-state index in [1.807, 2.05) is 58.0 Å². The Bertz CT molecular complexity index is 2760. The summed E-state index contributed by atoms with van der Waals surface area (Å²) >= 11 is 1.17. The van der Waals surface area contributed by atoms with Gasteiger partial charge in [-0.15, -0.1) is 11.3 Å². The summed E-state index contributed by atoms with van der Waals surface area (Å²) < 4.78 is 72.0. The highest BCUT2D eigenvalue weighted by Gasteiger charge is 2.39. The number of amides is 6. The number of carbonyl (C=O) groups is 9. The summed E-state index contributed by atoms with van der Waals surface area (Å²) in [6.07, 6.45) is 6.44. The third kappa shape index (κ3) is 38.2. The number of rotatable bonds is 62. The molecule has 582 valence electrons. The van der Waals surface area contributed by atoms with E-state index >= 15 is 0 Å². The summed E-state index contributed by atoms with van der Waals surface area (Å²) in [4.78, 5) is 126. The number of ketones is 2. The third-order valence-electron chi connectivity index (χ3n) is 17.4. The lowest BCUT2D eigenvalue weighted by atomic mass is 9.82. The Hall–Kier alpha value is -6.06. The van der Waals surface area contributed by atoms with Crippen molar-refractivity contribution in [2.75, 3.05) is 185 Å². The normalized spacial score (nSPS) is 15.6. The van der Waals surface area contributed by atoms with Gasteiger partial charge in [-0.05, 0) is 55.9 Å². The summed E-state index contributed by atoms with van der Waals surface area (Å²) in [6, 6.07) is 8.17. The largest absolute Gasteiger partial charge is 0.455 e. The fourth-order valence-electron chi connectivity index (χ4n) is 11.5. The predicted molar refractivity (Wildman–Crippen MR) is 383 cm³/mol. The number of esters is 1. The molecular formula is C74H118N6O22S. The molecule has 0 radical (unpaired) electrons. The number of hydrogen-bond donors (Lipinski definition) is 2. The van der Waals surface area contributed by atoms with Crippen molar-refractivity contribution in [2.45, 2.75) is 143 Å². The molecule has 1 aromatic heterocycles. The number of aromatic nitrogens is 1. The van der Waals surface area contributed by atoms with E-state index in [0.717, 1.165) is 23.3 Å². The molecular weight excluding hydrogens is 1360 g/mol. The number of nitrogens with zero attached hydrogens (tertiary/aromatic N) is 4. The number of hydrogen-bond acceptors (Lipinski definition) is 24. The molecule has 3 heterocycles. The summed E-state index contributed by atoms with van der Waals surface area (Å²) in [5.41, 5.74) is 1.08. The first kappa shape index (κ1) is 89.3. The van der Waals surface area contributed by atoms with Crippen molar-refractivity contribution >= 4 is 64.3 Å². The number of benzene rings is 1. The monoisotopic (exact) mass is 1470 g/mol. The molecule has 0 spiro atoms. The van der Waals surface area contributed by atoms with Crippen LogP contribution >= 0.6 is 11.3 Å². The molecule has 6 amide bonds. The number of ether oxygens (including phenoxy) is 13. The van der Waals surface area contributed by atoms with E-state index in [2.05, 4.69) is 10.6 Å². The number of imide groups is 1. The molecule has 0 bridgehead atoms. The highest BCUT2D eigenvalue weighted by molar-refractivity contribution is 7.09. The van der Waals surface area contributed by atoms with Crippen molar-refractivity contribution in [3.8, 4) is 0 Å². The van der Waals surface area contributed by atoms with E-state index in [-0.39, 0.29) is 104 Å². The molecule has 7 atom stereocenters. The van der Waals surface area contributed by atoms with Gasteiger partial charge in [-0.2, -0.15) is 0 Å². The maximum atomic E-state index is 14.5. The van der Waals surface area contributed by atoms with E-state index < -0.39 is 47.9 Å². The van der Waals surface area contributed by atoms with Gasteiger partial charge in [-0.25, -0.2) is 4.98 Å². The zero-order chi connectivity index (χ0) is 74.8. The third-order valence-corrected chi connectivity index (χ3v) is 18.3. The molecule has 103 heavy (non-hydrogen) atoms. The van der Waals surface area contributed by atoms with Gasteiger partial charge in [0.1, 0.15) is 16.5 Å². The number of carbonyl (C=O) groups excluding carboxylic acids is 9. The van der Waals surface area contributed by atoms with Gasteiger partial charge in [0.15, 0.2) is 11.9 Å². The Morgan fingerprint density at radius 1 is 0.631 bits per heavy atom. The maximum absolute atomic E-state index is 14.5. The highest BCUT2D eigenvalue weighted by Crippen LogP contribution is 2.33. The Kier molecular flexibility index (Phi) is 47.3. The Morgan fingerprint density at radius 3 is 1.58 bits per heavy atom. The zero-order valence-corrected chi connectivity index (χ0v) is 63.1. The van der Waals surface area contributed by atoms with E-state index in [4.69, 9.17) is 66.6 Å². The molecule has 4 rings (SSSR count). The molecule has 1 fully saturated rings. The van der Waals surface area contributed by atoms with Gasteiger partial charge < -0.3 is 82.0 Å². The average Bonchev–Trinajstić information content (AvgIpc) is 1.58. The summed E-state index contributed by atoms with van der Waals surface area (Å²) in [6.45, 7) is 23.3. The van der Waals surface area contributed by atoms with Crippen LogP contribution < -0.4 is 10.6 Å². The summed E-state index contributed by atoms with van der Waals surface area (Å²) in [5, 5.41) is 8.05. The van der Waals surface area contributed by atoms with Crippen LogP contribution in [0.4, 0.5) is 0 Å². The van der Waals surface area contributed by atoms with E-state index in [1.165, 1.54) is 37.3 Å². The Labute approximate surface area is 613 Å². The second-order valence-electron chi connectivity index (χ2n) is 25.7. The van der Waals surface area contributed by atoms with Crippen LogP contribution in [-0.4, -0.2) is 276 Å². The van der Waals surface area contributed by atoms with Gasteiger partial charge in [-0.1, -0.05) is 71.4 Å². The van der Waals surface area contributed by atoms with Gasteiger partial charge in [0.2, 0.25) is 17.7 Å². The highest BCUT2D eigenvalue weighted by atomic mass is 32.1. The predicted octanol–water partition coefficient (Wildman–Crippen LogP) is 5.99. The molecule has 2 N–H and O–H groups in total. The molecule has 2 aliphatic heterocycles. The minimum absolute atomic E-state index is 0.0128. The number of nitrogens with one attached hydrogen (secondary N) is 2. The Balaban J connectivity index is 0.975. The van der Waals surface area contributed by atoms with Gasteiger partial charge in [0.25, 0.3) is 17.7 Å². The first-order valence-corrected chi connectivity index (χ1v) is 37.5. The first-order chi connectivity index (χ1) is 49.8. The zero-order valence-electron chi connectivity index (χ0n) is 62.3. The van der Waals surface area contributed by atoms with Crippen LogP contribution in [0.3, 0.4) is 0 Å². The van der Waals surface area contributed by atoms with Crippen molar-refractivity contribution in [2.24, 2.45) is 23.7 Å². The van der Waals surface area contributed by atoms with Crippen LogP contribution in [0.5, 0.6) is 0 Å². The maximum Gasteiger partial charge on any atom is 0.303 e. The topological polar surface area (TPSA) is 320 Å². The van der Waals surface area contributed by atoms with Crippen LogP contribution in [0.15, 0.2) is 47.9 Å². The Morgan fingerprint density at radius 2 is 1.12 bits per heavy atom. The van der Waals surface area contributed by atoms with Crippen LogP contribution in [0.1, 0.15) is 140 Å². The van der Waals surface area contributed by atoms with Gasteiger partial charge in [0.05, 0.1) is 171 Å². The standard InChI is InChI=1S/C74H118N6O22S/c1-9-56(4)63(52-67(84)65-19-13-14-24-79(65)58(6)81)74(89)78(8)66(55(2)3)53-68(102-59(7)82)73-77-64(54-103-73)72(88)76-61(51-60-16-11-10-12-17-60)50-57(5)71(87)75-23-15-18-62(83)22-26-90-28-30-92-32-34-94-36-38-96-40-42-98-44-46-100-48-49-101-47-45-99-43-41-97-39-37-95-35-33-93-31-29-91-27-25-80-69(85)20-21-70(80)86/h10-12,16-17,20-21,54-57,61,63,65-66,68H,9,13-15,18-19,22-53H2,1-8H3,(H,75,87)(H,76,88)/t56-,57-,61+,63-,65+,66+,68+/m0/s1. The van der Waals surface area contributed by atoms with Crippen LogP contribution in [0.2, 0.25) is 0 Å². The molecule has 0 unspecified atom stereocenters. The molecule has 28 nitrogen and oxygen atoms in total. The van der Waals surface area contributed by atoms with Crippen LogP contribution in [-0.2, 0) is 106 Å². The molecule has 1 saturated heterocycles. The molecule has 1 aromatic carbocycles. The van der Waals surface area contributed by atoms with Crippen LogP contribution in [0.25, 0.3) is 0 Å². The number of likely N-dealkylation sites (tertiary alicyclic amines) is 1. The first-order valence-electron chi connectivity index (χ1n) is 36.6. The van der Waals surface area contributed by atoms with Gasteiger partial charge in [0, 0.05) is 101 Å². The van der Waals surface area contributed by atoms with E-state index in [0.29, 0.717) is 196 Å². The van der Waals surface area contributed by atoms with Crippen molar-refractivity contribution in [1.82, 2.24) is 30.3 Å². The average molecular weight is 1480 g/mol. The van der Waals surface area contributed by atoms with Crippen molar-refractivity contribution in [3.05, 3.63) is 64.1 Å². The SMILES string of the molecule is CC[C@H](C)[C@H](CC(=O)[C@H]1CCCCN1C(C)=O)C(=O)N(C)[C@H](C[C@@H](OC(C)=O)c1nc(C(=O)N[C@@H](Cc2ccccc2)C[C@H](C)C(=O)NCCCC(=O)CCOCCOCCOCCOCCOCCOCCOCCOCCOCCOCCOCCOCCN2C(=O)C=CC2=O)cs1)C(C)C.